The zero-order valence-electron chi connectivity index (χ0n) is 10.4. The minimum atomic E-state index is -2.03. The summed E-state index contributed by atoms with van der Waals surface area (Å²) in [6, 6.07) is 6.63. The number of alkyl halides is 1. The Kier molecular flexibility index (Phi) is 4.55. The van der Waals surface area contributed by atoms with Gasteiger partial charge in [0.15, 0.2) is 5.78 Å². The van der Waals surface area contributed by atoms with E-state index >= 15 is 0 Å². The van der Waals surface area contributed by atoms with Crippen LogP contribution in [0.2, 0.25) is 0 Å². The van der Waals surface area contributed by atoms with Crippen molar-refractivity contribution in [2.24, 2.45) is 5.92 Å². The van der Waals surface area contributed by atoms with Gasteiger partial charge in [0.2, 0.25) is 12.0 Å². The van der Waals surface area contributed by atoms with Gasteiger partial charge in [-0.05, 0) is 18.9 Å². The van der Waals surface area contributed by atoms with E-state index in [0.717, 1.165) is 5.56 Å². The minimum Gasteiger partial charge on any atom is -0.296 e. The summed E-state index contributed by atoms with van der Waals surface area (Å²) in [6.45, 7) is 5.46. The van der Waals surface area contributed by atoms with E-state index in [-0.39, 0.29) is 17.9 Å². The van der Waals surface area contributed by atoms with Gasteiger partial charge < -0.3 is 0 Å². The van der Waals surface area contributed by atoms with Gasteiger partial charge in [0.1, 0.15) is 0 Å². The van der Waals surface area contributed by atoms with E-state index in [1.807, 2.05) is 26.8 Å². The summed E-state index contributed by atoms with van der Waals surface area (Å²) >= 11 is 0. The van der Waals surface area contributed by atoms with Crippen LogP contribution >= 0.6 is 0 Å². The lowest BCUT2D eigenvalue weighted by Crippen LogP contribution is -2.26. The number of carbonyl (C=O) groups excluding carboxylic acids is 2. The summed E-state index contributed by atoms with van der Waals surface area (Å²) in [4.78, 5) is 23.2. The number of hydrogen-bond donors (Lipinski definition) is 0. The monoisotopic (exact) mass is 236 g/mol. The molecule has 0 N–H and O–H groups in total. The van der Waals surface area contributed by atoms with Gasteiger partial charge in [0, 0.05) is 12.0 Å². The molecule has 1 rings (SSSR count). The Morgan fingerprint density at radius 3 is 2.47 bits per heavy atom. The van der Waals surface area contributed by atoms with E-state index in [1.54, 1.807) is 12.1 Å². The first-order valence-corrected chi connectivity index (χ1v) is 5.69. The molecule has 92 valence electrons. The van der Waals surface area contributed by atoms with E-state index in [1.165, 1.54) is 6.07 Å². The van der Waals surface area contributed by atoms with Crippen molar-refractivity contribution in [1.29, 1.82) is 0 Å². The van der Waals surface area contributed by atoms with Crippen LogP contribution in [0.5, 0.6) is 0 Å². The van der Waals surface area contributed by atoms with Crippen LogP contribution in [0.25, 0.3) is 0 Å². The number of halogens is 1. The van der Waals surface area contributed by atoms with Crippen LogP contribution in [0.4, 0.5) is 4.39 Å². The zero-order valence-corrected chi connectivity index (χ0v) is 10.4. The molecule has 1 aromatic carbocycles. The van der Waals surface area contributed by atoms with Crippen LogP contribution < -0.4 is 0 Å². The molecule has 1 atom stereocenters. The SMILES string of the molecule is Cc1cccc(C(=O)C(F)C(=O)CC(C)C)c1. The molecular formula is C14H17FO2. The third kappa shape index (κ3) is 3.77. The van der Waals surface area contributed by atoms with Crippen LogP contribution in [-0.4, -0.2) is 17.7 Å². The lowest BCUT2D eigenvalue weighted by Gasteiger charge is -2.08. The molecule has 0 saturated heterocycles. The van der Waals surface area contributed by atoms with E-state index in [0.29, 0.717) is 0 Å². The fraction of sp³-hybridized carbons (Fsp3) is 0.429. The lowest BCUT2D eigenvalue weighted by molar-refractivity contribution is -0.122. The number of hydrogen-bond acceptors (Lipinski definition) is 2. The molecule has 0 fully saturated rings. The molecule has 0 bridgehead atoms. The van der Waals surface area contributed by atoms with E-state index in [4.69, 9.17) is 0 Å². The van der Waals surface area contributed by atoms with E-state index < -0.39 is 17.7 Å². The first-order chi connectivity index (χ1) is 7.91. The van der Waals surface area contributed by atoms with Gasteiger partial charge >= 0.3 is 0 Å². The molecule has 1 unspecified atom stereocenters. The average Bonchev–Trinajstić information content (AvgIpc) is 2.26. The summed E-state index contributed by atoms with van der Waals surface area (Å²) in [6.07, 6.45) is -1.93. The molecule has 3 heteroatoms. The van der Waals surface area contributed by atoms with Gasteiger partial charge in [-0.1, -0.05) is 37.6 Å². The number of aryl methyl sites for hydroxylation is 1. The third-order valence-electron chi connectivity index (χ3n) is 2.42. The van der Waals surface area contributed by atoms with Crippen molar-refractivity contribution in [2.45, 2.75) is 33.4 Å². The molecule has 0 aromatic heterocycles. The molecule has 0 amide bonds. The number of ketones is 2. The van der Waals surface area contributed by atoms with E-state index in [2.05, 4.69) is 0 Å². The second kappa shape index (κ2) is 5.71. The van der Waals surface area contributed by atoms with Crippen LogP contribution in [0, 0.1) is 12.8 Å². The molecule has 0 spiro atoms. The maximum Gasteiger partial charge on any atom is 0.220 e. The van der Waals surface area contributed by atoms with Gasteiger partial charge in [0.25, 0.3) is 0 Å². The Hall–Kier alpha value is -1.51. The maximum absolute atomic E-state index is 13.7. The van der Waals surface area contributed by atoms with Crippen molar-refractivity contribution < 1.29 is 14.0 Å². The average molecular weight is 236 g/mol. The third-order valence-corrected chi connectivity index (χ3v) is 2.42. The summed E-state index contributed by atoms with van der Waals surface area (Å²) < 4.78 is 13.7. The smallest absolute Gasteiger partial charge is 0.220 e. The Labute approximate surface area is 101 Å². The summed E-state index contributed by atoms with van der Waals surface area (Å²) in [7, 11) is 0. The van der Waals surface area contributed by atoms with Crippen molar-refractivity contribution in [2.75, 3.05) is 0 Å². The molecule has 0 aliphatic rings. The molecule has 0 radical (unpaired) electrons. The van der Waals surface area contributed by atoms with Crippen molar-refractivity contribution in [3.05, 3.63) is 35.4 Å². The number of Topliss-reactive ketones (excluding diaryl/α,β-unsaturated/α-hetero) is 2. The zero-order chi connectivity index (χ0) is 13.0. The van der Waals surface area contributed by atoms with Crippen molar-refractivity contribution >= 4 is 11.6 Å². The Bertz CT molecular complexity index is 424. The highest BCUT2D eigenvalue weighted by molar-refractivity contribution is 6.13. The first-order valence-electron chi connectivity index (χ1n) is 5.69. The van der Waals surface area contributed by atoms with Crippen molar-refractivity contribution in [1.82, 2.24) is 0 Å². The van der Waals surface area contributed by atoms with Gasteiger partial charge in [-0.3, -0.25) is 9.59 Å². The van der Waals surface area contributed by atoms with Crippen LogP contribution in [0.3, 0.4) is 0 Å². The standard InChI is InChI=1S/C14H17FO2/c1-9(2)7-12(16)13(15)14(17)11-6-4-5-10(3)8-11/h4-6,8-9,13H,7H2,1-3H3. The fourth-order valence-electron chi connectivity index (χ4n) is 1.60. The second-order valence-corrected chi connectivity index (χ2v) is 4.66. The molecule has 0 saturated carbocycles. The highest BCUT2D eigenvalue weighted by Crippen LogP contribution is 2.13. The van der Waals surface area contributed by atoms with Crippen molar-refractivity contribution in [3.8, 4) is 0 Å². The second-order valence-electron chi connectivity index (χ2n) is 4.66. The Morgan fingerprint density at radius 2 is 1.94 bits per heavy atom. The molecule has 0 aliphatic heterocycles. The quantitative estimate of drug-likeness (QED) is 0.581. The predicted octanol–water partition coefficient (Wildman–Crippen LogP) is 3.13. The lowest BCUT2D eigenvalue weighted by atomic mass is 9.98. The van der Waals surface area contributed by atoms with Gasteiger partial charge in [-0.2, -0.15) is 0 Å². The molecule has 2 nitrogen and oxygen atoms in total. The number of carbonyl (C=O) groups is 2. The molecule has 17 heavy (non-hydrogen) atoms. The van der Waals surface area contributed by atoms with Crippen LogP contribution in [0.1, 0.15) is 36.2 Å². The first kappa shape index (κ1) is 13.6. The summed E-state index contributed by atoms with van der Waals surface area (Å²) in [5, 5.41) is 0. The van der Waals surface area contributed by atoms with Gasteiger partial charge in [-0.25, -0.2) is 4.39 Å². The highest BCUT2D eigenvalue weighted by atomic mass is 19.1. The van der Waals surface area contributed by atoms with Gasteiger partial charge in [0.05, 0.1) is 0 Å². The Morgan fingerprint density at radius 1 is 1.29 bits per heavy atom. The topological polar surface area (TPSA) is 34.1 Å². The summed E-state index contributed by atoms with van der Waals surface area (Å²) in [5.74, 6) is -1.31. The molecule has 0 heterocycles. The molecule has 1 aromatic rings. The van der Waals surface area contributed by atoms with Gasteiger partial charge in [-0.15, -0.1) is 0 Å². The maximum atomic E-state index is 13.7. The van der Waals surface area contributed by atoms with Crippen molar-refractivity contribution in [3.63, 3.8) is 0 Å². The summed E-state index contributed by atoms with van der Waals surface area (Å²) in [5.41, 5.74) is 1.13. The number of benzene rings is 1. The minimum absolute atomic E-state index is 0.0612. The van der Waals surface area contributed by atoms with Crippen LogP contribution in [-0.2, 0) is 4.79 Å². The highest BCUT2D eigenvalue weighted by Gasteiger charge is 2.27. The number of rotatable bonds is 5. The molecular weight excluding hydrogens is 219 g/mol. The molecule has 0 aliphatic carbocycles. The normalized spacial score (nSPS) is 12.5. The predicted molar refractivity (Wildman–Crippen MR) is 64.9 cm³/mol. The Balaban J connectivity index is 2.80. The van der Waals surface area contributed by atoms with E-state index in [9.17, 15) is 14.0 Å². The largest absolute Gasteiger partial charge is 0.296 e. The fourth-order valence-corrected chi connectivity index (χ4v) is 1.60. The van der Waals surface area contributed by atoms with Crippen LogP contribution in [0.15, 0.2) is 24.3 Å².